The Morgan fingerprint density at radius 3 is 2.28 bits per heavy atom. The van der Waals surface area contributed by atoms with Crippen LogP contribution in [0.1, 0.15) is 32.8 Å². The van der Waals surface area contributed by atoms with E-state index >= 15 is 0 Å². The average molecular weight is 340 g/mol. The first-order chi connectivity index (χ1) is 12.3. The SMILES string of the molecule is C/C=C/c1cc(-c2ccc(OCCOCCC)cc2)ccc1OCC. The third kappa shape index (κ3) is 5.95. The van der Waals surface area contributed by atoms with Gasteiger partial charge in [0.25, 0.3) is 0 Å². The second kappa shape index (κ2) is 10.6. The van der Waals surface area contributed by atoms with Gasteiger partial charge in [0.2, 0.25) is 0 Å². The van der Waals surface area contributed by atoms with Crippen molar-refractivity contribution in [1.29, 1.82) is 0 Å². The lowest BCUT2D eigenvalue weighted by molar-refractivity contribution is 0.101. The molecule has 0 N–H and O–H groups in total. The quantitative estimate of drug-likeness (QED) is 0.528. The molecule has 0 aliphatic heterocycles. The van der Waals surface area contributed by atoms with Crippen LogP contribution in [-0.2, 0) is 4.74 Å². The summed E-state index contributed by atoms with van der Waals surface area (Å²) in [6, 6.07) is 14.4. The monoisotopic (exact) mass is 340 g/mol. The molecule has 0 bridgehead atoms. The lowest BCUT2D eigenvalue weighted by Crippen LogP contribution is -2.06. The first-order valence-corrected chi connectivity index (χ1v) is 8.99. The van der Waals surface area contributed by atoms with Crippen LogP contribution in [0.25, 0.3) is 17.2 Å². The third-order valence-electron chi connectivity index (χ3n) is 3.69. The average Bonchev–Trinajstić information content (AvgIpc) is 2.64. The summed E-state index contributed by atoms with van der Waals surface area (Å²) in [6.45, 7) is 8.77. The molecule has 2 aromatic carbocycles. The molecule has 0 radical (unpaired) electrons. The first kappa shape index (κ1) is 19.1. The van der Waals surface area contributed by atoms with Gasteiger partial charge in [0.1, 0.15) is 18.1 Å². The van der Waals surface area contributed by atoms with Gasteiger partial charge < -0.3 is 14.2 Å². The molecule has 134 valence electrons. The van der Waals surface area contributed by atoms with Gasteiger partial charge in [0.15, 0.2) is 0 Å². The van der Waals surface area contributed by atoms with Gasteiger partial charge in [-0.2, -0.15) is 0 Å². The van der Waals surface area contributed by atoms with Crippen LogP contribution < -0.4 is 9.47 Å². The van der Waals surface area contributed by atoms with Gasteiger partial charge in [-0.3, -0.25) is 0 Å². The van der Waals surface area contributed by atoms with Crippen molar-refractivity contribution in [3.63, 3.8) is 0 Å². The van der Waals surface area contributed by atoms with Crippen molar-refractivity contribution in [1.82, 2.24) is 0 Å². The van der Waals surface area contributed by atoms with Crippen LogP contribution in [0.15, 0.2) is 48.5 Å². The molecular weight excluding hydrogens is 312 g/mol. The van der Waals surface area contributed by atoms with Crippen molar-refractivity contribution >= 4 is 6.08 Å². The molecule has 0 amide bonds. The van der Waals surface area contributed by atoms with Crippen LogP contribution in [0.2, 0.25) is 0 Å². The van der Waals surface area contributed by atoms with Crippen LogP contribution in [0, 0.1) is 0 Å². The molecule has 0 spiro atoms. The Kier molecular flexibility index (Phi) is 8.06. The predicted octanol–water partition coefficient (Wildman–Crippen LogP) is 5.59. The van der Waals surface area contributed by atoms with E-state index in [4.69, 9.17) is 14.2 Å². The lowest BCUT2D eigenvalue weighted by atomic mass is 10.0. The van der Waals surface area contributed by atoms with E-state index in [1.165, 1.54) is 0 Å². The van der Waals surface area contributed by atoms with Crippen LogP contribution in [0.4, 0.5) is 0 Å². The number of hydrogen-bond donors (Lipinski definition) is 0. The molecule has 2 rings (SSSR count). The Morgan fingerprint density at radius 2 is 1.60 bits per heavy atom. The summed E-state index contributed by atoms with van der Waals surface area (Å²) in [5.74, 6) is 1.78. The first-order valence-electron chi connectivity index (χ1n) is 8.99. The molecule has 0 aliphatic rings. The fourth-order valence-electron chi connectivity index (χ4n) is 2.53. The molecule has 0 saturated heterocycles. The van der Waals surface area contributed by atoms with Gasteiger partial charge in [0, 0.05) is 12.2 Å². The summed E-state index contributed by atoms with van der Waals surface area (Å²) in [5, 5.41) is 0. The highest BCUT2D eigenvalue weighted by Crippen LogP contribution is 2.29. The van der Waals surface area contributed by atoms with E-state index in [1.54, 1.807) is 0 Å². The summed E-state index contributed by atoms with van der Waals surface area (Å²) in [4.78, 5) is 0. The van der Waals surface area contributed by atoms with Crippen LogP contribution >= 0.6 is 0 Å². The van der Waals surface area contributed by atoms with Crippen molar-refractivity contribution < 1.29 is 14.2 Å². The minimum Gasteiger partial charge on any atom is -0.493 e. The highest BCUT2D eigenvalue weighted by atomic mass is 16.5. The van der Waals surface area contributed by atoms with E-state index in [-0.39, 0.29) is 0 Å². The molecular formula is C22H28O3. The smallest absolute Gasteiger partial charge is 0.126 e. The lowest BCUT2D eigenvalue weighted by Gasteiger charge is -2.11. The number of benzene rings is 2. The second-order valence-corrected chi connectivity index (χ2v) is 5.67. The zero-order valence-electron chi connectivity index (χ0n) is 15.5. The van der Waals surface area contributed by atoms with E-state index < -0.39 is 0 Å². The number of ether oxygens (including phenoxy) is 3. The van der Waals surface area contributed by atoms with E-state index in [2.05, 4.69) is 37.3 Å². The van der Waals surface area contributed by atoms with Crippen molar-refractivity contribution in [2.75, 3.05) is 26.4 Å². The summed E-state index contributed by atoms with van der Waals surface area (Å²) in [7, 11) is 0. The van der Waals surface area contributed by atoms with Gasteiger partial charge in [-0.25, -0.2) is 0 Å². The third-order valence-corrected chi connectivity index (χ3v) is 3.69. The van der Waals surface area contributed by atoms with E-state index in [0.717, 1.165) is 41.2 Å². The van der Waals surface area contributed by atoms with Gasteiger partial charge in [-0.15, -0.1) is 0 Å². The minimum atomic E-state index is 0.577. The van der Waals surface area contributed by atoms with Crippen molar-refractivity contribution in [3.05, 3.63) is 54.1 Å². The molecule has 3 heteroatoms. The van der Waals surface area contributed by atoms with Crippen molar-refractivity contribution in [3.8, 4) is 22.6 Å². The fourth-order valence-corrected chi connectivity index (χ4v) is 2.53. The second-order valence-electron chi connectivity index (χ2n) is 5.67. The molecule has 0 aromatic heterocycles. The highest BCUT2D eigenvalue weighted by molar-refractivity contribution is 5.70. The largest absolute Gasteiger partial charge is 0.493 e. The molecule has 25 heavy (non-hydrogen) atoms. The Bertz CT molecular complexity index is 659. The minimum absolute atomic E-state index is 0.577. The molecule has 0 heterocycles. The van der Waals surface area contributed by atoms with Gasteiger partial charge >= 0.3 is 0 Å². The summed E-state index contributed by atoms with van der Waals surface area (Å²) < 4.78 is 16.8. The predicted molar refractivity (Wildman–Crippen MR) is 104 cm³/mol. The topological polar surface area (TPSA) is 27.7 Å². The Balaban J connectivity index is 2.04. The molecule has 2 aromatic rings. The number of allylic oxidation sites excluding steroid dienone is 1. The van der Waals surface area contributed by atoms with Gasteiger partial charge in [0.05, 0.1) is 13.2 Å². The Morgan fingerprint density at radius 1 is 0.840 bits per heavy atom. The number of rotatable bonds is 10. The van der Waals surface area contributed by atoms with E-state index in [0.29, 0.717) is 19.8 Å². The van der Waals surface area contributed by atoms with E-state index in [1.807, 2.05) is 38.1 Å². The molecule has 0 saturated carbocycles. The summed E-state index contributed by atoms with van der Waals surface area (Å²) in [6.07, 6.45) is 5.13. The Hall–Kier alpha value is -2.26. The highest BCUT2D eigenvalue weighted by Gasteiger charge is 2.05. The fraction of sp³-hybridized carbons (Fsp3) is 0.364. The molecule has 0 unspecified atom stereocenters. The van der Waals surface area contributed by atoms with Crippen molar-refractivity contribution in [2.45, 2.75) is 27.2 Å². The Labute approximate surface area is 151 Å². The van der Waals surface area contributed by atoms with E-state index in [9.17, 15) is 0 Å². The molecule has 0 aliphatic carbocycles. The summed E-state index contributed by atoms with van der Waals surface area (Å²) in [5.41, 5.74) is 3.41. The maximum Gasteiger partial charge on any atom is 0.126 e. The molecule has 0 fully saturated rings. The maximum atomic E-state index is 5.70. The maximum absolute atomic E-state index is 5.70. The van der Waals surface area contributed by atoms with Crippen LogP contribution in [0.5, 0.6) is 11.5 Å². The summed E-state index contributed by atoms with van der Waals surface area (Å²) >= 11 is 0. The van der Waals surface area contributed by atoms with Crippen LogP contribution in [0.3, 0.4) is 0 Å². The zero-order valence-corrected chi connectivity index (χ0v) is 15.5. The zero-order chi connectivity index (χ0) is 17.9. The normalized spacial score (nSPS) is 11.0. The number of hydrogen-bond acceptors (Lipinski definition) is 3. The van der Waals surface area contributed by atoms with Crippen LogP contribution in [-0.4, -0.2) is 26.4 Å². The standard InChI is InChI=1S/C22H28O3/c1-4-7-20-17-19(10-13-22(20)24-6-3)18-8-11-21(12-9-18)25-16-15-23-14-5-2/h4,7-13,17H,5-6,14-16H2,1-3H3/b7-4+. The van der Waals surface area contributed by atoms with Crippen molar-refractivity contribution in [2.24, 2.45) is 0 Å². The molecule has 3 nitrogen and oxygen atoms in total. The van der Waals surface area contributed by atoms with Gasteiger partial charge in [-0.05, 0) is 55.7 Å². The van der Waals surface area contributed by atoms with Gasteiger partial charge in [-0.1, -0.05) is 37.3 Å². The molecule has 0 atom stereocenters.